The van der Waals surface area contributed by atoms with Crippen LogP contribution in [-0.4, -0.2) is 43.5 Å². The van der Waals surface area contributed by atoms with Crippen molar-refractivity contribution in [3.8, 4) is 5.82 Å². The van der Waals surface area contributed by atoms with Crippen LogP contribution >= 0.6 is 0 Å². The summed E-state index contributed by atoms with van der Waals surface area (Å²) in [5.41, 5.74) is -0.963. The molecule has 2 aromatic rings. The number of hydrogen-bond donors (Lipinski definition) is 2. The molecule has 2 aromatic heterocycles. The first-order valence-electron chi connectivity index (χ1n) is 6.73. The van der Waals surface area contributed by atoms with Gasteiger partial charge in [-0.2, -0.15) is 13.2 Å². The second-order valence-corrected chi connectivity index (χ2v) is 4.70. The minimum atomic E-state index is -4.49. The summed E-state index contributed by atoms with van der Waals surface area (Å²) in [7, 11) is 0. The summed E-state index contributed by atoms with van der Waals surface area (Å²) in [5.74, 6) is -1.47. The SMILES string of the molecule is O=C(O)CCCNC(=O)c1cn(-c2ccc(C(F)(F)F)cn2)nn1. The number of hydrogen-bond acceptors (Lipinski definition) is 5. The molecule has 0 unspecified atom stereocenters. The largest absolute Gasteiger partial charge is 0.481 e. The monoisotopic (exact) mass is 343 g/mol. The molecule has 2 heterocycles. The molecule has 0 radical (unpaired) electrons. The molecule has 0 atom stereocenters. The lowest BCUT2D eigenvalue weighted by Gasteiger charge is -2.06. The van der Waals surface area contributed by atoms with Crippen molar-refractivity contribution in [2.45, 2.75) is 19.0 Å². The summed E-state index contributed by atoms with van der Waals surface area (Å²) in [6.07, 6.45) is -2.45. The third kappa shape index (κ3) is 4.51. The Bertz CT molecular complexity index is 727. The zero-order valence-corrected chi connectivity index (χ0v) is 12.1. The summed E-state index contributed by atoms with van der Waals surface area (Å²) in [6.45, 7) is 0.149. The van der Waals surface area contributed by atoms with Crippen molar-refractivity contribution >= 4 is 11.9 Å². The average Bonchev–Trinajstić information content (AvgIpc) is 3.00. The molecule has 0 aliphatic carbocycles. The van der Waals surface area contributed by atoms with Gasteiger partial charge in [-0.1, -0.05) is 5.21 Å². The molecule has 128 valence electrons. The molecular formula is C13H12F3N5O3. The number of carboxylic acids is 1. The Balaban J connectivity index is 1.99. The van der Waals surface area contributed by atoms with E-state index >= 15 is 0 Å². The molecule has 0 fully saturated rings. The topological polar surface area (TPSA) is 110 Å². The van der Waals surface area contributed by atoms with Crippen LogP contribution in [0.4, 0.5) is 13.2 Å². The van der Waals surface area contributed by atoms with E-state index in [1.54, 1.807) is 0 Å². The summed E-state index contributed by atoms with van der Waals surface area (Å²) in [6, 6.07) is 1.95. The highest BCUT2D eigenvalue weighted by molar-refractivity contribution is 5.91. The van der Waals surface area contributed by atoms with E-state index in [-0.39, 0.29) is 30.9 Å². The predicted octanol–water partition coefficient (Wildman–Crippen LogP) is 1.28. The van der Waals surface area contributed by atoms with Crippen molar-refractivity contribution in [1.82, 2.24) is 25.3 Å². The number of aliphatic carboxylic acids is 1. The lowest BCUT2D eigenvalue weighted by molar-refractivity contribution is -0.138. The normalized spacial score (nSPS) is 11.3. The van der Waals surface area contributed by atoms with Crippen molar-refractivity contribution in [2.24, 2.45) is 0 Å². The lowest BCUT2D eigenvalue weighted by atomic mass is 10.3. The zero-order chi connectivity index (χ0) is 17.7. The standard InChI is InChI=1S/C13H12F3N5O3/c14-13(15,16)8-3-4-10(18-6-8)21-7-9(19-20-21)12(24)17-5-1-2-11(22)23/h3-4,6-7H,1-2,5H2,(H,17,24)(H,22,23). The second kappa shape index (κ2) is 7.06. The van der Waals surface area contributed by atoms with E-state index in [4.69, 9.17) is 5.11 Å². The Morgan fingerprint density at radius 3 is 2.62 bits per heavy atom. The molecule has 11 heteroatoms. The number of nitrogens with one attached hydrogen (secondary N) is 1. The highest BCUT2D eigenvalue weighted by atomic mass is 19.4. The van der Waals surface area contributed by atoms with Gasteiger partial charge in [0.05, 0.1) is 11.8 Å². The number of halogens is 3. The third-order valence-electron chi connectivity index (χ3n) is 2.89. The first kappa shape index (κ1) is 17.4. The molecule has 0 bridgehead atoms. The van der Waals surface area contributed by atoms with Crippen LogP contribution in [-0.2, 0) is 11.0 Å². The molecule has 2 N–H and O–H groups in total. The third-order valence-corrected chi connectivity index (χ3v) is 2.89. The number of aromatic nitrogens is 4. The van der Waals surface area contributed by atoms with Crippen molar-refractivity contribution in [1.29, 1.82) is 0 Å². The van der Waals surface area contributed by atoms with Crippen molar-refractivity contribution in [3.63, 3.8) is 0 Å². The lowest BCUT2D eigenvalue weighted by Crippen LogP contribution is -2.25. The zero-order valence-electron chi connectivity index (χ0n) is 12.1. The van der Waals surface area contributed by atoms with Gasteiger partial charge in [0.15, 0.2) is 11.5 Å². The van der Waals surface area contributed by atoms with Crippen molar-refractivity contribution in [2.75, 3.05) is 6.54 Å². The molecule has 0 spiro atoms. The Kier molecular flexibility index (Phi) is 5.11. The molecule has 0 aromatic carbocycles. The first-order chi connectivity index (χ1) is 11.3. The highest BCUT2D eigenvalue weighted by Gasteiger charge is 2.30. The molecular weight excluding hydrogens is 331 g/mol. The van der Waals surface area contributed by atoms with Gasteiger partial charge in [-0.3, -0.25) is 9.59 Å². The van der Waals surface area contributed by atoms with E-state index in [9.17, 15) is 22.8 Å². The molecule has 24 heavy (non-hydrogen) atoms. The van der Waals surface area contributed by atoms with Crippen LogP contribution in [0.25, 0.3) is 5.82 Å². The van der Waals surface area contributed by atoms with Crippen LogP contribution < -0.4 is 5.32 Å². The molecule has 2 rings (SSSR count). The molecule has 8 nitrogen and oxygen atoms in total. The fraction of sp³-hybridized carbons (Fsp3) is 0.308. The first-order valence-corrected chi connectivity index (χ1v) is 6.73. The van der Waals surface area contributed by atoms with Crippen LogP contribution in [0.2, 0.25) is 0 Å². The summed E-state index contributed by atoms with van der Waals surface area (Å²) < 4.78 is 38.5. The average molecular weight is 343 g/mol. The number of carbonyl (C=O) groups is 2. The predicted molar refractivity (Wildman–Crippen MR) is 73.4 cm³/mol. The van der Waals surface area contributed by atoms with Gasteiger partial charge in [-0.25, -0.2) is 9.67 Å². The smallest absolute Gasteiger partial charge is 0.417 e. The van der Waals surface area contributed by atoms with Gasteiger partial charge in [0.2, 0.25) is 0 Å². The Morgan fingerprint density at radius 2 is 2.04 bits per heavy atom. The Labute approximate surface area is 133 Å². The van der Waals surface area contributed by atoms with E-state index in [0.717, 1.165) is 16.8 Å². The summed E-state index contributed by atoms with van der Waals surface area (Å²) >= 11 is 0. The number of amides is 1. The summed E-state index contributed by atoms with van der Waals surface area (Å²) in [5, 5.41) is 18.2. The van der Waals surface area contributed by atoms with Crippen LogP contribution in [0.15, 0.2) is 24.5 Å². The summed E-state index contributed by atoms with van der Waals surface area (Å²) in [4.78, 5) is 25.7. The number of pyridine rings is 1. The maximum Gasteiger partial charge on any atom is 0.417 e. The molecule has 0 saturated carbocycles. The van der Waals surface area contributed by atoms with Gasteiger partial charge in [0.1, 0.15) is 0 Å². The molecule has 0 saturated heterocycles. The number of alkyl halides is 3. The number of rotatable bonds is 6. The van der Waals surface area contributed by atoms with Gasteiger partial charge in [-0.05, 0) is 18.6 Å². The van der Waals surface area contributed by atoms with Gasteiger partial charge >= 0.3 is 12.1 Å². The van der Waals surface area contributed by atoms with Gasteiger partial charge in [0, 0.05) is 19.2 Å². The minimum Gasteiger partial charge on any atom is -0.481 e. The Morgan fingerprint density at radius 1 is 1.29 bits per heavy atom. The molecule has 0 aliphatic rings. The van der Waals surface area contributed by atoms with E-state index in [0.29, 0.717) is 6.20 Å². The van der Waals surface area contributed by atoms with Crippen molar-refractivity contribution < 1.29 is 27.9 Å². The quantitative estimate of drug-likeness (QED) is 0.765. The van der Waals surface area contributed by atoms with E-state index in [2.05, 4.69) is 20.6 Å². The molecule has 1 amide bonds. The highest BCUT2D eigenvalue weighted by Crippen LogP contribution is 2.28. The fourth-order valence-electron chi connectivity index (χ4n) is 1.70. The van der Waals surface area contributed by atoms with Crippen LogP contribution in [0.1, 0.15) is 28.9 Å². The van der Waals surface area contributed by atoms with Crippen LogP contribution in [0.3, 0.4) is 0 Å². The van der Waals surface area contributed by atoms with Crippen LogP contribution in [0.5, 0.6) is 0 Å². The number of carbonyl (C=O) groups excluding carboxylic acids is 1. The van der Waals surface area contributed by atoms with E-state index in [1.807, 2.05) is 0 Å². The second-order valence-electron chi connectivity index (χ2n) is 4.70. The fourth-order valence-corrected chi connectivity index (χ4v) is 1.70. The van der Waals surface area contributed by atoms with Gasteiger partial charge in [0.25, 0.3) is 5.91 Å². The molecule has 0 aliphatic heterocycles. The number of carboxylic acid groups (broad SMARTS) is 1. The maximum absolute atomic E-state index is 12.5. The number of nitrogens with zero attached hydrogens (tertiary/aromatic N) is 4. The maximum atomic E-state index is 12.5. The van der Waals surface area contributed by atoms with Gasteiger partial charge < -0.3 is 10.4 Å². The minimum absolute atomic E-state index is 0.0629. The van der Waals surface area contributed by atoms with Crippen molar-refractivity contribution in [3.05, 3.63) is 35.8 Å². The Hall–Kier alpha value is -2.98. The van der Waals surface area contributed by atoms with Gasteiger partial charge in [-0.15, -0.1) is 5.10 Å². The van der Waals surface area contributed by atoms with Crippen LogP contribution in [0, 0.1) is 0 Å². The van der Waals surface area contributed by atoms with E-state index in [1.165, 1.54) is 6.20 Å². The van der Waals surface area contributed by atoms with E-state index < -0.39 is 23.6 Å².